The van der Waals surface area contributed by atoms with E-state index in [0.29, 0.717) is 38.5 Å². The van der Waals surface area contributed by atoms with E-state index in [2.05, 4.69) is 11.4 Å². The van der Waals surface area contributed by atoms with Gasteiger partial charge < -0.3 is 10.1 Å². The van der Waals surface area contributed by atoms with Gasteiger partial charge in [0.05, 0.1) is 10.6 Å². The average Bonchev–Trinajstić information content (AvgIpc) is 2.66. The molecular weight excluding hydrogens is 416 g/mol. The van der Waals surface area contributed by atoms with Gasteiger partial charge in [-0.25, -0.2) is 4.39 Å². The highest BCUT2D eigenvalue weighted by atomic mass is 35.5. The van der Waals surface area contributed by atoms with Gasteiger partial charge >= 0.3 is 0 Å². The maximum absolute atomic E-state index is 14.0. The van der Waals surface area contributed by atoms with Crippen molar-refractivity contribution in [1.29, 1.82) is 0 Å². The van der Waals surface area contributed by atoms with Crippen LogP contribution in [0.4, 0.5) is 4.39 Å². The van der Waals surface area contributed by atoms with Crippen LogP contribution >= 0.6 is 35.4 Å². The molecule has 0 aromatic heterocycles. The van der Waals surface area contributed by atoms with Gasteiger partial charge in [-0.3, -0.25) is 0 Å². The predicted molar refractivity (Wildman–Crippen MR) is 117 cm³/mol. The van der Waals surface area contributed by atoms with Crippen LogP contribution in [0.2, 0.25) is 10.0 Å². The molecular formula is C22H18Cl2FNOS. The van der Waals surface area contributed by atoms with Crippen LogP contribution in [-0.2, 0) is 13.2 Å². The fraction of sp³-hybridized carbons (Fsp3) is 0.136. The number of aryl methyl sites for hydroxylation is 1. The lowest BCUT2D eigenvalue weighted by atomic mass is 10.1. The molecule has 0 heterocycles. The molecule has 0 bridgehead atoms. The molecule has 144 valence electrons. The SMILES string of the molecule is Cc1cccc(CNC(=S)c2cc(Cl)ccc2OCc2c(F)cccc2Cl)c1. The summed E-state index contributed by atoms with van der Waals surface area (Å²) in [6, 6.07) is 17.8. The molecule has 0 radical (unpaired) electrons. The topological polar surface area (TPSA) is 21.3 Å². The minimum absolute atomic E-state index is 0.0133. The smallest absolute Gasteiger partial charge is 0.131 e. The van der Waals surface area contributed by atoms with Crippen LogP contribution in [-0.4, -0.2) is 4.99 Å². The number of hydrogen-bond donors (Lipinski definition) is 1. The molecule has 3 aromatic rings. The summed E-state index contributed by atoms with van der Waals surface area (Å²) in [5, 5.41) is 4.07. The third-order valence-electron chi connectivity index (χ3n) is 4.16. The first-order valence-corrected chi connectivity index (χ1v) is 9.79. The van der Waals surface area contributed by atoms with Crippen molar-refractivity contribution < 1.29 is 9.13 Å². The number of ether oxygens (including phenoxy) is 1. The highest BCUT2D eigenvalue weighted by Gasteiger charge is 2.13. The zero-order chi connectivity index (χ0) is 20.1. The van der Waals surface area contributed by atoms with E-state index < -0.39 is 5.82 Å². The molecule has 6 heteroatoms. The van der Waals surface area contributed by atoms with Crippen molar-refractivity contribution in [2.45, 2.75) is 20.1 Å². The Labute approximate surface area is 179 Å². The van der Waals surface area contributed by atoms with Gasteiger partial charge in [-0.2, -0.15) is 0 Å². The summed E-state index contributed by atoms with van der Waals surface area (Å²) in [5.74, 6) is 0.0913. The van der Waals surface area contributed by atoms with E-state index in [1.54, 1.807) is 30.3 Å². The van der Waals surface area contributed by atoms with E-state index in [9.17, 15) is 4.39 Å². The van der Waals surface area contributed by atoms with Gasteiger partial charge in [0.2, 0.25) is 0 Å². The van der Waals surface area contributed by atoms with Crippen LogP contribution in [0.1, 0.15) is 22.3 Å². The Hall–Kier alpha value is -2.14. The first-order valence-electron chi connectivity index (χ1n) is 8.63. The molecule has 0 aliphatic rings. The molecule has 0 amide bonds. The maximum Gasteiger partial charge on any atom is 0.131 e. The molecule has 0 unspecified atom stereocenters. The first kappa shape index (κ1) is 20.6. The molecule has 3 aromatic carbocycles. The summed E-state index contributed by atoms with van der Waals surface area (Å²) in [6.45, 7) is 2.60. The van der Waals surface area contributed by atoms with E-state index >= 15 is 0 Å². The Bertz CT molecular complexity index is 989. The van der Waals surface area contributed by atoms with E-state index in [-0.39, 0.29) is 6.61 Å². The molecule has 0 aliphatic carbocycles. The summed E-state index contributed by atoms with van der Waals surface area (Å²) in [7, 11) is 0. The summed E-state index contributed by atoms with van der Waals surface area (Å²) in [5.41, 5.74) is 3.23. The Kier molecular flexibility index (Phi) is 6.89. The third kappa shape index (κ3) is 5.22. The van der Waals surface area contributed by atoms with Crippen LogP contribution < -0.4 is 10.1 Å². The largest absolute Gasteiger partial charge is 0.488 e. The molecule has 3 rings (SSSR count). The summed E-state index contributed by atoms with van der Waals surface area (Å²) in [6.07, 6.45) is 0. The van der Waals surface area contributed by atoms with E-state index in [4.69, 9.17) is 40.2 Å². The lowest BCUT2D eigenvalue weighted by Crippen LogP contribution is -2.22. The van der Waals surface area contributed by atoms with Gasteiger partial charge in [0.1, 0.15) is 23.2 Å². The lowest BCUT2D eigenvalue weighted by Gasteiger charge is -2.15. The summed E-state index contributed by atoms with van der Waals surface area (Å²) >= 11 is 17.7. The van der Waals surface area contributed by atoms with Gasteiger partial charge in [-0.1, -0.05) is 71.3 Å². The number of hydrogen-bond acceptors (Lipinski definition) is 2. The fourth-order valence-corrected chi connectivity index (χ4v) is 3.35. The fourth-order valence-electron chi connectivity index (χ4n) is 2.73. The molecule has 0 spiro atoms. The van der Waals surface area contributed by atoms with Crippen molar-refractivity contribution in [3.63, 3.8) is 0 Å². The highest BCUT2D eigenvalue weighted by molar-refractivity contribution is 7.80. The molecule has 28 heavy (non-hydrogen) atoms. The summed E-state index contributed by atoms with van der Waals surface area (Å²) in [4.78, 5) is 0.499. The van der Waals surface area contributed by atoms with Crippen molar-refractivity contribution in [1.82, 2.24) is 5.32 Å². The van der Waals surface area contributed by atoms with Crippen molar-refractivity contribution >= 4 is 40.4 Å². The van der Waals surface area contributed by atoms with Crippen molar-refractivity contribution in [2.75, 3.05) is 0 Å². The van der Waals surface area contributed by atoms with Crippen molar-refractivity contribution in [3.05, 3.63) is 98.8 Å². The maximum atomic E-state index is 14.0. The molecule has 0 fully saturated rings. The van der Waals surface area contributed by atoms with Crippen molar-refractivity contribution in [3.8, 4) is 5.75 Å². The van der Waals surface area contributed by atoms with Crippen LogP contribution in [0.25, 0.3) is 0 Å². The van der Waals surface area contributed by atoms with Gasteiger partial charge in [0.25, 0.3) is 0 Å². The normalized spacial score (nSPS) is 10.6. The molecule has 1 N–H and O–H groups in total. The monoisotopic (exact) mass is 433 g/mol. The molecule has 2 nitrogen and oxygen atoms in total. The lowest BCUT2D eigenvalue weighted by molar-refractivity contribution is 0.299. The molecule has 0 saturated carbocycles. The second-order valence-electron chi connectivity index (χ2n) is 6.30. The standard InChI is InChI=1S/C22H18Cl2FNOS/c1-14-4-2-5-15(10-14)12-26-22(28)17-11-16(23)8-9-21(17)27-13-18-19(24)6-3-7-20(18)25/h2-11H,12-13H2,1H3,(H,26,28). The van der Waals surface area contributed by atoms with Gasteiger partial charge in [-0.15, -0.1) is 0 Å². The zero-order valence-electron chi connectivity index (χ0n) is 15.1. The second kappa shape index (κ2) is 9.37. The predicted octanol–water partition coefficient (Wildman–Crippen LogP) is 6.49. The Morgan fingerprint density at radius 3 is 2.61 bits per heavy atom. The minimum atomic E-state index is -0.414. The van der Waals surface area contributed by atoms with E-state index in [1.165, 1.54) is 11.6 Å². The number of nitrogens with one attached hydrogen (secondary N) is 1. The van der Waals surface area contributed by atoms with Crippen LogP contribution in [0.3, 0.4) is 0 Å². The average molecular weight is 434 g/mol. The molecule has 0 atom stereocenters. The number of thiocarbonyl (C=S) groups is 1. The molecule has 0 aliphatic heterocycles. The van der Waals surface area contributed by atoms with Gasteiger partial charge in [-0.05, 0) is 42.8 Å². The Morgan fingerprint density at radius 2 is 1.86 bits per heavy atom. The zero-order valence-corrected chi connectivity index (χ0v) is 17.5. The third-order valence-corrected chi connectivity index (χ3v) is 5.11. The van der Waals surface area contributed by atoms with E-state index in [1.807, 2.05) is 25.1 Å². The Morgan fingerprint density at radius 1 is 1.07 bits per heavy atom. The van der Waals surface area contributed by atoms with Gasteiger partial charge in [0, 0.05) is 17.1 Å². The number of rotatable bonds is 6. The highest BCUT2D eigenvalue weighted by Crippen LogP contribution is 2.26. The van der Waals surface area contributed by atoms with Crippen LogP contribution in [0, 0.1) is 12.7 Å². The van der Waals surface area contributed by atoms with Gasteiger partial charge in [0.15, 0.2) is 0 Å². The first-order chi connectivity index (χ1) is 13.4. The number of halogens is 3. The molecule has 0 saturated heterocycles. The van der Waals surface area contributed by atoms with Crippen molar-refractivity contribution in [2.24, 2.45) is 0 Å². The minimum Gasteiger partial charge on any atom is -0.488 e. The van der Waals surface area contributed by atoms with Crippen LogP contribution in [0.5, 0.6) is 5.75 Å². The van der Waals surface area contributed by atoms with E-state index in [0.717, 1.165) is 5.56 Å². The Balaban J connectivity index is 1.75. The number of benzene rings is 3. The summed E-state index contributed by atoms with van der Waals surface area (Å²) < 4.78 is 19.8. The second-order valence-corrected chi connectivity index (χ2v) is 7.55. The van der Waals surface area contributed by atoms with Crippen LogP contribution in [0.15, 0.2) is 60.7 Å². The quantitative estimate of drug-likeness (QED) is 0.449.